The molecule has 21 heavy (non-hydrogen) atoms. The predicted molar refractivity (Wildman–Crippen MR) is 93.7 cm³/mol. The van der Waals surface area contributed by atoms with E-state index in [2.05, 4.69) is 74.7 Å². The lowest BCUT2D eigenvalue weighted by Crippen LogP contribution is -2.20. The molecule has 0 amide bonds. The molecule has 1 heteroatoms. The van der Waals surface area contributed by atoms with Gasteiger partial charge in [-0.2, -0.15) is 0 Å². The fraction of sp³-hybridized carbons (Fsp3) is 0.200. The second kappa shape index (κ2) is 5.07. The third kappa shape index (κ3) is 2.17. The Morgan fingerprint density at radius 3 is 2.81 bits per heavy atom. The van der Waals surface area contributed by atoms with Crippen LogP contribution in [-0.4, -0.2) is 7.85 Å². The maximum absolute atomic E-state index is 2.37. The Balaban J connectivity index is 1.78. The summed E-state index contributed by atoms with van der Waals surface area (Å²) in [5, 5.41) is 0. The topological polar surface area (TPSA) is 0 Å². The van der Waals surface area contributed by atoms with Crippen LogP contribution in [0.4, 0.5) is 0 Å². The lowest BCUT2D eigenvalue weighted by atomic mass is 9.66. The standard InChI is InChI=1S/C20H19B/c21-19-10-4-8-15-7-3-9-18(20(15)19)17-12-11-14-5-1-2-6-16(14)13-17/h2-4,6-13,15,20H,1,5,21H2/t15?,20-/m0/s1. The van der Waals surface area contributed by atoms with Crippen LogP contribution in [0.15, 0.2) is 66.2 Å². The Morgan fingerprint density at radius 2 is 1.90 bits per heavy atom. The second-order valence-corrected chi connectivity index (χ2v) is 6.21. The van der Waals surface area contributed by atoms with Crippen molar-refractivity contribution in [1.82, 2.24) is 0 Å². The first kappa shape index (κ1) is 12.7. The van der Waals surface area contributed by atoms with E-state index in [1.807, 2.05) is 0 Å². The maximum atomic E-state index is 2.37. The summed E-state index contributed by atoms with van der Waals surface area (Å²) in [4.78, 5) is 0. The van der Waals surface area contributed by atoms with E-state index >= 15 is 0 Å². The Morgan fingerprint density at radius 1 is 1.05 bits per heavy atom. The summed E-state index contributed by atoms with van der Waals surface area (Å²) < 4.78 is 0. The summed E-state index contributed by atoms with van der Waals surface area (Å²) in [6.07, 6.45) is 20.5. The average Bonchev–Trinajstić information content (AvgIpc) is 2.54. The van der Waals surface area contributed by atoms with Crippen molar-refractivity contribution in [1.29, 1.82) is 0 Å². The van der Waals surface area contributed by atoms with Gasteiger partial charge in [0.2, 0.25) is 0 Å². The molecule has 0 heterocycles. The van der Waals surface area contributed by atoms with Crippen LogP contribution in [0, 0.1) is 11.8 Å². The first-order chi connectivity index (χ1) is 10.3. The van der Waals surface area contributed by atoms with Gasteiger partial charge in [-0.1, -0.05) is 60.7 Å². The highest BCUT2D eigenvalue weighted by Crippen LogP contribution is 2.40. The largest absolute Gasteiger partial charge is 0.134 e. The lowest BCUT2D eigenvalue weighted by Gasteiger charge is -2.31. The molecule has 0 saturated heterocycles. The smallest absolute Gasteiger partial charge is 0.102 e. The summed E-state index contributed by atoms with van der Waals surface area (Å²) >= 11 is 0. The normalized spacial score (nSPS) is 25.9. The first-order valence-electron chi connectivity index (χ1n) is 7.86. The summed E-state index contributed by atoms with van der Waals surface area (Å²) in [5.41, 5.74) is 7.19. The van der Waals surface area contributed by atoms with Crippen LogP contribution in [0.5, 0.6) is 0 Å². The van der Waals surface area contributed by atoms with Gasteiger partial charge in [0.05, 0.1) is 0 Å². The van der Waals surface area contributed by atoms with Crippen LogP contribution in [0.2, 0.25) is 0 Å². The van der Waals surface area contributed by atoms with Gasteiger partial charge in [-0.15, -0.1) is 5.47 Å². The molecule has 0 saturated carbocycles. The van der Waals surface area contributed by atoms with Crippen LogP contribution < -0.4 is 0 Å². The van der Waals surface area contributed by atoms with E-state index in [-0.39, 0.29) is 0 Å². The van der Waals surface area contributed by atoms with E-state index in [9.17, 15) is 0 Å². The van der Waals surface area contributed by atoms with Gasteiger partial charge in [0.15, 0.2) is 0 Å². The van der Waals surface area contributed by atoms with Crippen LogP contribution in [0.25, 0.3) is 11.6 Å². The van der Waals surface area contributed by atoms with Crippen molar-refractivity contribution in [3.05, 3.63) is 82.9 Å². The summed E-state index contributed by atoms with van der Waals surface area (Å²) in [6, 6.07) is 7.00. The Kier molecular flexibility index (Phi) is 3.07. The molecule has 0 N–H and O–H groups in total. The molecule has 0 nitrogen and oxygen atoms in total. The van der Waals surface area contributed by atoms with Crippen molar-refractivity contribution in [2.75, 3.05) is 0 Å². The van der Waals surface area contributed by atoms with Gasteiger partial charge < -0.3 is 0 Å². The number of allylic oxidation sites excluding steroid dienone is 9. The van der Waals surface area contributed by atoms with Gasteiger partial charge in [-0.05, 0) is 41.2 Å². The molecule has 2 atom stereocenters. The number of rotatable bonds is 1. The van der Waals surface area contributed by atoms with Gasteiger partial charge in [0, 0.05) is 11.8 Å². The molecular weight excluding hydrogens is 251 g/mol. The second-order valence-electron chi connectivity index (χ2n) is 6.21. The van der Waals surface area contributed by atoms with Crippen molar-refractivity contribution in [3.8, 4) is 0 Å². The molecule has 1 aromatic rings. The monoisotopic (exact) mass is 270 g/mol. The zero-order valence-corrected chi connectivity index (χ0v) is 12.4. The summed E-state index contributed by atoms with van der Waals surface area (Å²) in [6.45, 7) is 0. The molecule has 102 valence electrons. The quantitative estimate of drug-likeness (QED) is 0.678. The molecule has 0 aromatic heterocycles. The van der Waals surface area contributed by atoms with E-state index < -0.39 is 0 Å². The van der Waals surface area contributed by atoms with Crippen molar-refractivity contribution in [3.63, 3.8) is 0 Å². The lowest BCUT2D eigenvalue weighted by molar-refractivity contribution is 0.666. The van der Waals surface area contributed by atoms with E-state index in [4.69, 9.17) is 0 Å². The summed E-state index contributed by atoms with van der Waals surface area (Å²) in [5.74, 6) is 1.02. The van der Waals surface area contributed by atoms with Gasteiger partial charge in [0.25, 0.3) is 0 Å². The van der Waals surface area contributed by atoms with E-state index in [1.54, 1.807) is 0 Å². The first-order valence-corrected chi connectivity index (χ1v) is 7.86. The van der Waals surface area contributed by atoms with Crippen molar-refractivity contribution < 1.29 is 0 Å². The molecule has 3 aliphatic carbocycles. The molecule has 0 fully saturated rings. The highest BCUT2D eigenvalue weighted by molar-refractivity contribution is 6.23. The van der Waals surface area contributed by atoms with E-state index in [0.29, 0.717) is 11.8 Å². The zero-order valence-electron chi connectivity index (χ0n) is 12.4. The SMILES string of the molecule is BC1=CC=CC2C=CC=C(c3ccc4c(c3)C=CCC4)[C@@H]12. The minimum Gasteiger partial charge on any atom is -0.102 e. The highest BCUT2D eigenvalue weighted by atomic mass is 14.3. The van der Waals surface area contributed by atoms with Gasteiger partial charge in [-0.25, -0.2) is 0 Å². The Hall–Kier alpha value is -2.02. The van der Waals surface area contributed by atoms with E-state index in [1.165, 1.54) is 40.6 Å². The fourth-order valence-electron chi connectivity index (χ4n) is 3.76. The van der Waals surface area contributed by atoms with Crippen molar-refractivity contribution in [2.24, 2.45) is 11.8 Å². The molecule has 1 unspecified atom stereocenters. The Labute approximate surface area is 127 Å². The number of aryl methyl sites for hydroxylation is 1. The average molecular weight is 270 g/mol. The van der Waals surface area contributed by atoms with Gasteiger partial charge in [0.1, 0.15) is 7.85 Å². The van der Waals surface area contributed by atoms with Crippen LogP contribution >= 0.6 is 0 Å². The minimum absolute atomic E-state index is 0.505. The highest BCUT2D eigenvalue weighted by Gasteiger charge is 2.27. The number of benzene rings is 1. The van der Waals surface area contributed by atoms with E-state index in [0.717, 1.165) is 0 Å². The van der Waals surface area contributed by atoms with Crippen molar-refractivity contribution in [2.45, 2.75) is 12.8 Å². The fourth-order valence-corrected chi connectivity index (χ4v) is 3.76. The molecule has 1 aromatic carbocycles. The molecule has 0 bridgehead atoms. The molecule has 3 aliphatic rings. The molecule has 4 rings (SSSR count). The molecule has 0 radical (unpaired) electrons. The third-order valence-electron chi connectivity index (χ3n) is 4.87. The molecule has 0 spiro atoms. The maximum Gasteiger partial charge on any atom is 0.134 e. The van der Waals surface area contributed by atoms with Gasteiger partial charge >= 0.3 is 0 Å². The minimum atomic E-state index is 0.505. The van der Waals surface area contributed by atoms with Crippen LogP contribution in [0.3, 0.4) is 0 Å². The number of fused-ring (bicyclic) bond motifs is 2. The third-order valence-corrected chi connectivity index (χ3v) is 4.87. The summed E-state index contributed by atoms with van der Waals surface area (Å²) in [7, 11) is 2.26. The van der Waals surface area contributed by atoms with Crippen LogP contribution in [0.1, 0.15) is 23.1 Å². The molecular formula is C20H19B. The molecule has 0 aliphatic heterocycles. The zero-order chi connectivity index (χ0) is 14.2. The number of hydrogen-bond donors (Lipinski definition) is 0. The van der Waals surface area contributed by atoms with Crippen LogP contribution in [-0.2, 0) is 6.42 Å². The predicted octanol–water partition coefficient (Wildman–Crippen LogP) is 3.92. The Bertz CT molecular complexity index is 728. The number of hydrogen-bond acceptors (Lipinski definition) is 0. The van der Waals surface area contributed by atoms with Gasteiger partial charge in [-0.3, -0.25) is 0 Å². The van der Waals surface area contributed by atoms with Crippen molar-refractivity contribution >= 4 is 19.5 Å².